The van der Waals surface area contributed by atoms with Crippen LogP contribution in [-0.2, 0) is 6.54 Å². The van der Waals surface area contributed by atoms with E-state index in [1.54, 1.807) is 19.3 Å². The highest BCUT2D eigenvalue weighted by atomic mass is 35.5. The summed E-state index contributed by atoms with van der Waals surface area (Å²) < 4.78 is 0. The molecule has 7 heteroatoms. The molecule has 0 saturated carbocycles. The molecular weight excluding hydrogens is 256 g/mol. The topological polar surface area (TPSA) is 71.9 Å². The van der Waals surface area contributed by atoms with Crippen LogP contribution >= 0.6 is 11.6 Å². The van der Waals surface area contributed by atoms with E-state index >= 15 is 0 Å². The molecule has 0 aliphatic heterocycles. The van der Waals surface area contributed by atoms with E-state index in [1.165, 1.54) is 6.20 Å². The lowest BCUT2D eigenvalue weighted by molar-refractivity contribution is -0.268. The van der Waals surface area contributed by atoms with Gasteiger partial charge in [0.15, 0.2) is 0 Å². The Bertz CT molecular complexity index is 395. The van der Waals surface area contributed by atoms with Crippen molar-refractivity contribution in [3.8, 4) is 0 Å². The predicted molar refractivity (Wildman–Crippen MR) is 67.9 cm³/mol. The Hall–Kier alpha value is -1.50. The van der Waals surface area contributed by atoms with Crippen molar-refractivity contribution in [1.82, 2.24) is 20.4 Å². The summed E-state index contributed by atoms with van der Waals surface area (Å²) in [6, 6.07) is 3.60. The molecule has 0 aliphatic carbocycles. The number of aromatic nitrogens is 1. The minimum atomic E-state index is 0.0224. The molecule has 18 heavy (non-hydrogen) atoms. The van der Waals surface area contributed by atoms with Crippen LogP contribution in [0, 0.1) is 0 Å². The van der Waals surface area contributed by atoms with Gasteiger partial charge in [-0.3, -0.25) is 10.4 Å². The van der Waals surface area contributed by atoms with Crippen molar-refractivity contribution in [3.63, 3.8) is 0 Å². The number of nitrogens with zero attached hydrogens (tertiary/aromatic N) is 3. The van der Waals surface area contributed by atoms with E-state index < -0.39 is 0 Å². The summed E-state index contributed by atoms with van der Waals surface area (Å²) in [6.07, 6.45) is 2.86. The zero-order valence-corrected chi connectivity index (χ0v) is 11.1. The number of nitrogens with one attached hydrogen (secondary N) is 1. The lowest BCUT2D eigenvalue weighted by Crippen LogP contribution is -2.31. The second-order valence-electron chi connectivity index (χ2n) is 3.59. The van der Waals surface area contributed by atoms with Crippen molar-refractivity contribution < 1.29 is 10.4 Å². The summed E-state index contributed by atoms with van der Waals surface area (Å²) in [7, 11) is 1.71. The van der Waals surface area contributed by atoms with Gasteiger partial charge in [0.1, 0.15) is 11.0 Å². The molecular formula is C11H17ClN4O2. The average molecular weight is 273 g/mol. The van der Waals surface area contributed by atoms with Gasteiger partial charge in [0.05, 0.1) is 6.20 Å². The quantitative estimate of drug-likeness (QED) is 0.540. The summed E-state index contributed by atoms with van der Waals surface area (Å²) in [5.74, 6) is 0.581. The third kappa shape index (κ3) is 4.40. The average Bonchev–Trinajstić information content (AvgIpc) is 2.35. The monoisotopic (exact) mass is 272 g/mol. The Kier molecular flexibility index (Phi) is 5.70. The molecule has 1 aromatic heterocycles. The normalized spacial score (nSPS) is 11.3. The Morgan fingerprint density at radius 3 is 2.67 bits per heavy atom. The van der Waals surface area contributed by atoms with Gasteiger partial charge in [-0.1, -0.05) is 17.7 Å². The standard InChI is InChI=1S/C11H17ClN4O2/c1-3-15(11(13-2)8-16(17)18)7-9-4-5-10(12)14-6-9/h4-6,8,13,17-18H,3,7H2,1-2H3/b11-8+. The third-order valence-corrected chi connectivity index (χ3v) is 2.60. The van der Waals surface area contributed by atoms with E-state index in [0.29, 0.717) is 24.1 Å². The minimum absolute atomic E-state index is 0.0224. The van der Waals surface area contributed by atoms with E-state index in [2.05, 4.69) is 10.3 Å². The second-order valence-corrected chi connectivity index (χ2v) is 3.98. The summed E-state index contributed by atoms with van der Waals surface area (Å²) in [6.45, 7) is 3.25. The second kappa shape index (κ2) is 7.05. The molecule has 1 aromatic rings. The van der Waals surface area contributed by atoms with Gasteiger partial charge in [-0.05, 0) is 18.6 Å². The molecule has 0 aliphatic rings. The number of pyridine rings is 1. The van der Waals surface area contributed by atoms with Crippen molar-refractivity contribution >= 4 is 11.6 Å². The number of hydroxylamine groups is 2. The molecule has 1 heterocycles. The Morgan fingerprint density at radius 2 is 2.22 bits per heavy atom. The van der Waals surface area contributed by atoms with Crippen LogP contribution in [0.2, 0.25) is 5.15 Å². The summed E-state index contributed by atoms with van der Waals surface area (Å²) in [5, 5.41) is 21.0. The van der Waals surface area contributed by atoms with Crippen LogP contribution in [-0.4, -0.2) is 39.1 Å². The first kappa shape index (κ1) is 14.6. The zero-order chi connectivity index (χ0) is 13.5. The van der Waals surface area contributed by atoms with Crippen molar-refractivity contribution in [3.05, 3.63) is 41.1 Å². The van der Waals surface area contributed by atoms with Crippen molar-refractivity contribution in [2.45, 2.75) is 13.5 Å². The molecule has 0 unspecified atom stereocenters. The van der Waals surface area contributed by atoms with Crippen LogP contribution in [0.25, 0.3) is 0 Å². The van der Waals surface area contributed by atoms with Crippen LogP contribution < -0.4 is 5.32 Å². The van der Waals surface area contributed by atoms with Gasteiger partial charge in [-0.15, -0.1) is 5.23 Å². The third-order valence-electron chi connectivity index (χ3n) is 2.38. The molecule has 0 amide bonds. The fourth-order valence-corrected chi connectivity index (χ4v) is 1.61. The SMILES string of the molecule is CCN(Cc1ccc(Cl)nc1)/C(=C/N(O)O)NC. The summed E-state index contributed by atoms with van der Waals surface area (Å²) in [5.41, 5.74) is 0.977. The fraction of sp³-hybridized carbons (Fsp3) is 0.364. The Balaban J connectivity index is 2.80. The molecule has 0 atom stereocenters. The first-order valence-corrected chi connectivity index (χ1v) is 5.86. The Morgan fingerprint density at radius 1 is 1.50 bits per heavy atom. The van der Waals surface area contributed by atoms with E-state index in [9.17, 15) is 0 Å². The molecule has 0 radical (unpaired) electrons. The summed E-state index contributed by atoms with van der Waals surface area (Å²) >= 11 is 5.72. The maximum absolute atomic E-state index is 8.82. The zero-order valence-electron chi connectivity index (χ0n) is 10.3. The van der Waals surface area contributed by atoms with Crippen LogP contribution in [0.4, 0.5) is 0 Å². The number of hydrogen-bond acceptors (Lipinski definition) is 6. The van der Waals surface area contributed by atoms with Crippen molar-refractivity contribution in [2.24, 2.45) is 0 Å². The Labute approximate surface area is 111 Å². The predicted octanol–water partition coefficient (Wildman–Crippen LogP) is 1.66. The van der Waals surface area contributed by atoms with Gasteiger partial charge < -0.3 is 10.2 Å². The molecule has 0 saturated heterocycles. The van der Waals surface area contributed by atoms with Crippen molar-refractivity contribution in [2.75, 3.05) is 13.6 Å². The highest BCUT2D eigenvalue weighted by Crippen LogP contribution is 2.11. The lowest BCUT2D eigenvalue weighted by atomic mass is 10.2. The summed E-state index contributed by atoms with van der Waals surface area (Å²) in [4.78, 5) is 5.92. The molecule has 3 N–H and O–H groups in total. The van der Waals surface area contributed by atoms with Crippen LogP contribution in [0.5, 0.6) is 0 Å². The van der Waals surface area contributed by atoms with Gasteiger partial charge in [0, 0.05) is 26.3 Å². The largest absolute Gasteiger partial charge is 0.373 e. The highest BCUT2D eigenvalue weighted by Gasteiger charge is 2.08. The van der Waals surface area contributed by atoms with Crippen LogP contribution in [0.1, 0.15) is 12.5 Å². The number of hydrogen-bond donors (Lipinski definition) is 3. The molecule has 100 valence electrons. The molecule has 0 fully saturated rings. The van der Waals surface area contributed by atoms with E-state index in [0.717, 1.165) is 5.56 Å². The van der Waals surface area contributed by atoms with Gasteiger partial charge in [0.2, 0.25) is 0 Å². The first-order valence-electron chi connectivity index (χ1n) is 5.48. The smallest absolute Gasteiger partial charge is 0.129 e. The van der Waals surface area contributed by atoms with Gasteiger partial charge in [0.25, 0.3) is 0 Å². The van der Waals surface area contributed by atoms with Crippen LogP contribution in [0.15, 0.2) is 30.4 Å². The number of rotatable bonds is 6. The van der Waals surface area contributed by atoms with Crippen molar-refractivity contribution in [1.29, 1.82) is 0 Å². The molecule has 0 spiro atoms. The van der Waals surface area contributed by atoms with Crippen LogP contribution in [0.3, 0.4) is 0 Å². The molecule has 1 rings (SSSR count). The molecule has 6 nitrogen and oxygen atoms in total. The minimum Gasteiger partial charge on any atom is -0.373 e. The van der Waals surface area contributed by atoms with Gasteiger partial charge in [-0.2, -0.15) is 0 Å². The molecule has 0 bridgehead atoms. The highest BCUT2D eigenvalue weighted by molar-refractivity contribution is 6.29. The fourth-order valence-electron chi connectivity index (χ4n) is 1.50. The van der Waals surface area contributed by atoms with Gasteiger partial charge >= 0.3 is 0 Å². The van der Waals surface area contributed by atoms with E-state index in [4.69, 9.17) is 22.0 Å². The van der Waals surface area contributed by atoms with E-state index in [-0.39, 0.29) is 5.23 Å². The van der Waals surface area contributed by atoms with Gasteiger partial charge in [-0.25, -0.2) is 4.98 Å². The maximum Gasteiger partial charge on any atom is 0.129 e. The van der Waals surface area contributed by atoms with E-state index in [1.807, 2.05) is 17.9 Å². The first-order chi connectivity index (χ1) is 8.56. The molecule has 0 aromatic carbocycles. The lowest BCUT2D eigenvalue weighted by Gasteiger charge is -2.26. The maximum atomic E-state index is 8.82. The number of halogens is 1.